The molecule has 0 saturated heterocycles. The molecule has 6 nitrogen and oxygen atoms in total. The Morgan fingerprint density at radius 1 is 0.929 bits per heavy atom. The first kappa shape index (κ1) is 19.1. The smallest absolute Gasteiger partial charge is 0.168 e. The Morgan fingerprint density at radius 2 is 1.64 bits per heavy atom. The van der Waals surface area contributed by atoms with E-state index in [1.54, 1.807) is 18.2 Å². The molecule has 0 fully saturated rings. The average Bonchev–Trinajstić information content (AvgIpc) is 2.73. The molecule has 0 atom stereocenters. The van der Waals surface area contributed by atoms with Crippen molar-refractivity contribution in [2.24, 2.45) is 0 Å². The molecule has 0 unspecified atom stereocenters. The minimum absolute atomic E-state index is 0.0554. The Kier molecular flexibility index (Phi) is 5.69. The van der Waals surface area contributed by atoms with Gasteiger partial charge in [-0.25, -0.2) is 4.98 Å². The number of pyridine rings is 1. The Balaban J connectivity index is 2.32. The van der Waals surface area contributed by atoms with Crippen LogP contribution in [-0.4, -0.2) is 19.2 Å². The predicted octanol–water partition coefficient (Wildman–Crippen LogP) is 4.24. The van der Waals surface area contributed by atoms with E-state index in [9.17, 15) is 10.5 Å². The fourth-order valence-corrected chi connectivity index (χ4v) is 3.74. The molecule has 0 amide bonds. The molecule has 3 aromatic rings. The van der Waals surface area contributed by atoms with E-state index in [2.05, 4.69) is 17.1 Å². The van der Waals surface area contributed by atoms with Gasteiger partial charge in [-0.15, -0.1) is 0 Å². The topological polar surface area (TPSA) is 105 Å². The molecule has 2 aromatic carbocycles. The maximum Gasteiger partial charge on any atom is 0.168 e. The number of anilines is 1. The summed E-state index contributed by atoms with van der Waals surface area (Å²) in [5.41, 5.74) is 7.38. The van der Waals surface area contributed by atoms with Crippen LogP contribution >= 0.6 is 11.8 Å². The van der Waals surface area contributed by atoms with Gasteiger partial charge in [0.2, 0.25) is 0 Å². The normalized spacial score (nSPS) is 10.0. The van der Waals surface area contributed by atoms with E-state index in [1.807, 2.05) is 30.3 Å². The lowest BCUT2D eigenvalue weighted by atomic mass is 9.95. The van der Waals surface area contributed by atoms with Crippen LogP contribution in [0.3, 0.4) is 0 Å². The van der Waals surface area contributed by atoms with Gasteiger partial charge in [0.05, 0.1) is 19.8 Å². The lowest BCUT2D eigenvalue weighted by Gasteiger charge is -2.17. The van der Waals surface area contributed by atoms with Crippen molar-refractivity contribution in [2.45, 2.75) is 9.92 Å². The summed E-state index contributed by atoms with van der Waals surface area (Å²) in [7, 11) is 3.03. The number of hydrogen-bond donors (Lipinski definition) is 1. The molecule has 0 bridgehead atoms. The number of nitrogens with zero attached hydrogens (tertiary/aromatic N) is 3. The van der Waals surface area contributed by atoms with Gasteiger partial charge in [-0.3, -0.25) is 0 Å². The molecular weight excluding hydrogens is 372 g/mol. The summed E-state index contributed by atoms with van der Waals surface area (Å²) in [4.78, 5) is 5.22. The summed E-state index contributed by atoms with van der Waals surface area (Å²) in [6, 6.07) is 19.0. The zero-order chi connectivity index (χ0) is 20.1. The summed E-state index contributed by atoms with van der Waals surface area (Å²) < 4.78 is 10.9. The lowest BCUT2D eigenvalue weighted by molar-refractivity contribution is 0.356. The van der Waals surface area contributed by atoms with Crippen molar-refractivity contribution in [2.75, 3.05) is 20.0 Å². The molecule has 0 aliphatic heterocycles. The minimum atomic E-state index is 0.0554. The number of nitrogens with two attached hydrogens (primary N) is 1. The highest BCUT2D eigenvalue weighted by Crippen LogP contribution is 2.44. The van der Waals surface area contributed by atoms with E-state index in [1.165, 1.54) is 26.0 Å². The monoisotopic (exact) mass is 388 g/mol. The van der Waals surface area contributed by atoms with Crippen LogP contribution in [-0.2, 0) is 0 Å². The van der Waals surface area contributed by atoms with Crippen molar-refractivity contribution in [1.82, 2.24) is 4.98 Å². The van der Waals surface area contributed by atoms with E-state index < -0.39 is 0 Å². The van der Waals surface area contributed by atoms with E-state index in [0.717, 1.165) is 4.90 Å². The molecule has 0 spiro atoms. The Hall–Kier alpha value is -3.68. The summed E-state index contributed by atoms with van der Waals surface area (Å²) >= 11 is 1.31. The molecule has 2 N–H and O–H groups in total. The molecular formula is C21H16N4O2S. The molecule has 3 rings (SSSR count). The van der Waals surface area contributed by atoms with E-state index in [0.29, 0.717) is 27.7 Å². The van der Waals surface area contributed by atoms with Crippen molar-refractivity contribution in [3.05, 3.63) is 59.7 Å². The molecule has 1 aromatic heterocycles. The minimum Gasteiger partial charge on any atom is -0.493 e. The van der Waals surface area contributed by atoms with Gasteiger partial charge in [0.15, 0.2) is 11.5 Å². The third-order valence-electron chi connectivity index (χ3n) is 4.05. The molecule has 0 aliphatic carbocycles. The quantitative estimate of drug-likeness (QED) is 0.697. The molecule has 0 aliphatic rings. The van der Waals surface area contributed by atoms with Crippen LogP contribution in [0.15, 0.2) is 58.5 Å². The zero-order valence-corrected chi connectivity index (χ0v) is 16.1. The predicted molar refractivity (Wildman–Crippen MR) is 107 cm³/mol. The first-order valence-electron chi connectivity index (χ1n) is 8.22. The van der Waals surface area contributed by atoms with Crippen LogP contribution in [0.5, 0.6) is 11.5 Å². The number of para-hydroxylation sites is 1. The number of methoxy groups -OCH3 is 2. The second kappa shape index (κ2) is 8.34. The number of aromatic nitrogens is 1. The van der Waals surface area contributed by atoms with E-state index in [-0.39, 0.29) is 16.9 Å². The SMILES string of the molecule is COc1cccc(-c2c(C#N)c(N)nc(Sc3ccccc3)c2C#N)c1OC. The first-order chi connectivity index (χ1) is 13.6. The maximum atomic E-state index is 9.91. The molecule has 0 radical (unpaired) electrons. The van der Waals surface area contributed by atoms with Crippen LogP contribution < -0.4 is 15.2 Å². The Bertz CT molecular complexity index is 1100. The van der Waals surface area contributed by atoms with Crippen LogP contribution in [0.2, 0.25) is 0 Å². The third-order valence-corrected chi connectivity index (χ3v) is 5.04. The van der Waals surface area contributed by atoms with E-state index in [4.69, 9.17) is 15.2 Å². The van der Waals surface area contributed by atoms with Gasteiger partial charge in [-0.1, -0.05) is 42.1 Å². The van der Waals surface area contributed by atoms with Crippen molar-refractivity contribution < 1.29 is 9.47 Å². The fraction of sp³-hybridized carbons (Fsp3) is 0.0952. The Labute approximate surface area is 167 Å². The summed E-state index contributed by atoms with van der Waals surface area (Å²) in [5.74, 6) is 0.958. The number of nitriles is 2. The largest absolute Gasteiger partial charge is 0.493 e. The van der Waals surface area contributed by atoms with Gasteiger partial charge in [-0.05, 0) is 18.2 Å². The van der Waals surface area contributed by atoms with Gasteiger partial charge in [0, 0.05) is 16.0 Å². The fourth-order valence-electron chi connectivity index (χ4n) is 2.83. The van der Waals surface area contributed by atoms with Crippen LogP contribution in [0.1, 0.15) is 11.1 Å². The summed E-state index contributed by atoms with van der Waals surface area (Å²) in [6.07, 6.45) is 0. The van der Waals surface area contributed by atoms with Crippen molar-refractivity contribution in [3.63, 3.8) is 0 Å². The van der Waals surface area contributed by atoms with Crippen LogP contribution in [0.4, 0.5) is 5.82 Å². The van der Waals surface area contributed by atoms with Crippen LogP contribution in [0, 0.1) is 22.7 Å². The maximum absolute atomic E-state index is 9.91. The van der Waals surface area contributed by atoms with E-state index >= 15 is 0 Å². The zero-order valence-electron chi connectivity index (χ0n) is 15.3. The standard InChI is InChI=1S/C21H16N4O2S/c1-26-17-10-6-9-14(19(17)27-2)18-15(11-22)20(24)25-21(16(18)12-23)28-13-7-4-3-5-8-13/h3-10H,1-2H3,(H2,24,25). The second-order valence-corrected chi connectivity index (χ2v) is 6.67. The lowest BCUT2D eigenvalue weighted by Crippen LogP contribution is -2.04. The number of rotatable bonds is 5. The molecule has 28 heavy (non-hydrogen) atoms. The van der Waals surface area contributed by atoms with Crippen LogP contribution in [0.25, 0.3) is 11.1 Å². The second-order valence-electron chi connectivity index (χ2n) is 5.61. The van der Waals surface area contributed by atoms with Gasteiger partial charge in [0.1, 0.15) is 28.5 Å². The summed E-state index contributed by atoms with van der Waals surface area (Å²) in [5, 5.41) is 20.0. The molecule has 7 heteroatoms. The third kappa shape index (κ3) is 3.44. The number of hydrogen-bond acceptors (Lipinski definition) is 7. The highest BCUT2D eigenvalue weighted by atomic mass is 32.2. The number of benzene rings is 2. The number of ether oxygens (including phenoxy) is 2. The molecule has 0 saturated carbocycles. The number of nitrogen functional groups attached to an aromatic ring is 1. The highest BCUT2D eigenvalue weighted by molar-refractivity contribution is 7.99. The molecule has 1 heterocycles. The average molecular weight is 388 g/mol. The highest BCUT2D eigenvalue weighted by Gasteiger charge is 2.24. The molecule has 138 valence electrons. The Morgan fingerprint density at radius 3 is 2.25 bits per heavy atom. The van der Waals surface area contributed by atoms with Crippen molar-refractivity contribution >= 4 is 17.6 Å². The van der Waals surface area contributed by atoms with Gasteiger partial charge in [-0.2, -0.15) is 10.5 Å². The van der Waals surface area contributed by atoms with Gasteiger partial charge < -0.3 is 15.2 Å². The van der Waals surface area contributed by atoms with Crippen molar-refractivity contribution in [3.8, 4) is 34.8 Å². The van der Waals surface area contributed by atoms with Gasteiger partial charge in [0.25, 0.3) is 0 Å². The summed E-state index contributed by atoms with van der Waals surface area (Å²) in [6.45, 7) is 0. The first-order valence-corrected chi connectivity index (χ1v) is 9.04. The van der Waals surface area contributed by atoms with Gasteiger partial charge >= 0.3 is 0 Å². The van der Waals surface area contributed by atoms with Crippen molar-refractivity contribution in [1.29, 1.82) is 10.5 Å².